The number of amides is 1. The molecule has 1 amide bonds. The van der Waals surface area contributed by atoms with Gasteiger partial charge in [-0.25, -0.2) is 15.0 Å². The molecule has 0 bridgehead atoms. The van der Waals surface area contributed by atoms with Gasteiger partial charge in [0.1, 0.15) is 5.82 Å². The zero-order valence-electron chi connectivity index (χ0n) is 13.8. The van der Waals surface area contributed by atoms with Crippen molar-refractivity contribution in [1.82, 2.24) is 19.5 Å². The molecule has 8 nitrogen and oxygen atoms in total. The fourth-order valence-electron chi connectivity index (χ4n) is 2.18. The van der Waals surface area contributed by atoms with Crippen LogP contribution in [0, 0.1) is 6.92 Å². The van der Waals surface area contributed by atoms with Crippen LogP contribution in [0.25, 0.3) is 5.95 Å². The molecule has 128 valence electrons. The number of methoxy groups -OCH3 is 1. The van der Waals surface area contributed by atoms with Crippen molar-refractivity contribution in [2.24, 2.45) is 0 Å². The minimum atomic E-state index is -0.318. The Hall–Kier alpha value is -3.42. The predicted octanol–water partition coefficient (Wildman–Crippen LogP) is 2.00. The first-order valence-corrected chi connectivity index (χ1v) is 7.55. The van der Waals surface area contributed by atoms with Crippen LogP contribution < -0.4 is 14.8 Å². The Kier molecular flexibility index (Phi) is 4.89. The number of nitrogens with one attached hydrogen (secondary N) is 1. The summed E-state index contributed by atoms with van der Waals surface area (Å²) in [5, 5.41) is 2.68. The predicted molar refractivity (Wildman–Crippen MR) is 91.0 cm³/mol. The molecule has 0 aliphatic rings. The number of imidazole rings is 1. The van der Waals surface area contributed by atoms with Crippen molar-refractivity contribution in [3.63, 3.8) is 0 Å². The Labute approximate surface area is 144 Å². The van der Waals surface area contributed by atoms with Gasteiger partial charge in [-0.2, -0.15) is 0 Å². The topological polar surface area (TPSA) is 91.2 Å². The molecule has 1 N–H and O–H groups in total. The van der Waals surface area contributed by atoms with Crippen LogP contribution in [-0.2, 0) is 4.79 Å². The quantitative estimate of drug-likeness (QED) is 0.738. The van der Waals surface area contributed by atoms with E-state index in [1.165, 1.54) is 12.4 Å². The van der Waals surface area contributed by atoms with Crippen LogP contribution in [0.5, 0.6) is 11.5 Å². The van der Waals surface area contributed by atoms with Crippen molar-refractivity contribution >= 4 is 11.6 Å². The molecule has 2 aromatic heterocycles. The molecule has 3 aromatic rings. The summed E-state index contributed by atoms with van der Waals surface area (Å²) in [5.41, 5.74) is 0.482. The monoisotopic (exact) mass is 339 g/mol. The van der Waals surface area contributed by atoms with Crippen molar-refractivity contribution in [2.75, 3.05) is 19.0 Å². The van der Waals surface area contributed by atoms with Crippen molar-refractivity contribution in [1.29, 1.82) is 0 Å². The normalized spacial score (nSPS) is 10.3. The number of carbonyl (C=O) groups excluding carboxylic acids is 1. The third-order valence-corrected chi connectivity index (χ3v) is 3.39. The van der Waals surface area contributed by atoms with Gasteiger partial charge in [0.25, 0.3) is 5.91 Å². The largest absolute Gasteiger partial charge is 0.493 e. The average molecular weight is 339 g/mol. The molecule has 0 unspecified atom stereocenters. The Morgan fingerprint density at radius 3 is 2.52 bits per heavy atom. The summed E-state index contributed by atoms with van der Waals surface area (Å²) in [6.07, 6.45) is 6.50. The molecule has 2 heterocycles. The number of ether oxygens (including phenoxy) is 2. The molecule has 0 fully saturated rings. The molecule has 0 spiro atoms. The average Bonchev–Trinajstić information content (AvgIpc) is 3.07. The maximum Gasteiger partial charge on any atom is 0.262 e. The van der Waals surface area contributed by atoms with Crippen LogP contribution >= 0.6 is 0 Å². The minimum absolute atomic E-state index is 0.150. The van der Waals surface area contributed by atoms with Crippen LogP contribution in [0.4, 0.5) is 5.69 Å². The van der Waals surface area contributed by atoms with E-state index in [1.807, 2.05) is 13.0 Å². The second-order valence-electron chi connectivity index (χ2n) is 5.10. The molecule has 0 radical (unpaired) electrons. The third-order valence-electron chi connectivity index (χ3n) is 3.39. The Bertz CT molecular complexity index is 861. The number of rotatable bonds is 6. The molecule has 0 saturated carbocycles. The standard InChI is InChI=1S/C17H17N5O3/c1-12-18-7-8-22(12)17-19-9-13(10-20-17)21-16(23)11-25-15-6-4-3-5-14(15)24-2/h3-10H,11H2,1-2H3,(H,21,23). The minimum Gasteiger partial charge on any atom is -0.493 e. The molecule has 1 aromatic carbocycles. The number of benzene rings is 1. The number of hydrogen-bond acceptors (Lipinski definition) is 6. The summed E-state index contributed by atoms with van der Waals surface area (Å²) in [5.74, 6) is 2.02. The van der Waals surface area contributed by atoms with E-state index in [1.54, 1.807) is 42.3 Å². The maximum atomic E-state index is 12.0. The number of carbonyl (C=O) groups is 1. The highest BCUT2D eigenvalue weighted by molar-refractivity contribution is 5.91. The first-order chi connectivity index (χ1) is 12.2. The van der Waals surface area contributed by atoms with Crippen LogP contribution in [0.1, 0.15) is 5.82 Å². The summed E-state index contributed by atoms with van der Waals surface area (Å²) in [6.45, 7) is 1.71. The van der Waals surface area contributed by atoms with E-state index in [9.17, 15) is 4.79 Å². The first kappa shape index (κ1) is 16.4. The van der Waals surface area contributed by atoms with E-state index in [2.05, 4.69) is 20.3 Å². The molecule has 3 rings (SSSR count). The molecule has 0 atom stereocenters. The second kappa shape index (κ2) is 7.43. The fraction of sp³-hybridized carbons (Fsp3) is 0.176. The van der Waals surface area contributed by atoms with Gasteiger partial charge in [-0.05, 0) is 19.1 Å². The van der Waals surface area contributed by atoms with Crippen LogP contribution in [-0.4, -0.2) is 39.1 Å². The van der Waals surface area contributed by atoms with E-state index in [0.717, 1.165) is 5.82 Å². The number of para-hydroxylation sites is 2. The maximum absolute atomic E-state index is 12.0. The summed E-state index contributed by atoms with van der Waals surface area (Å²) >= 11 is 0. The van der Waals surface area contributed by atoms with Crippen LogP contribution in [0.3, 0.4) is 0 Å². The van der Waals surface area contributed by atoms with Gasteiger partial charge in [-0.3, -0.25) is 9.36 Å². The van der Waals surface area contributed by atoms with Gasteiger partial charge in [0, 0.05) is 12.4 Å². The Morgan fingerprint density at radius 2 is 1.88 bits per heavy atom. The lowest BCUT2D eigenvalue weighted by atomic mass is 10.3. The van der Waals surface area contributed by atoms with E-state index >= 15 is 0 Å². The lowest BCUT2D eigenvalue weighted by molar-refractivity contribution is -0.118. The van der Waals surface area contributed by atoms with E-state index < -0.39 is 0 Å². The van der Waals surface area contributed by atoms with Crippen LogP contribution in [0.15, 0.2) is 49.1 Å². The van der Waals surface area contributed by atoms with Crippen molar-refractivity contribution < 1.29 is 14.3 Å². The second-order valence-corrected chi connectivity index (χ2v) is 5.10. The smallest absolute Gasteiger partial charge is 0.262 e. The molecule has 0 aliphatic heterocycles. The van der Waals surface area contributed by atoms with E-state index in [4.69, 9.17) is 9.47 Å². The molecule has 8 heteroatoms. The fourth-order valence-corrected chi connectivity index (χ4v) is 2.18. The van der Waals surface area contributed by atoms with Gasteiger partial charge in [-0.15, -0.1) is 0 Å². The lowest BCUT2D eigenvalue weighted by Gasteiger charge is -2.10. The van der Waals surface area contributed by atoms with Gasteiger partial charge in [0.15, 0.2) is 18.1 Å². The highest BCUT2D eigenvalue weighted by Crippen LogP contribution is 2.25. The SMILES string of the molecule is COc1ccccc1OCC(=O)Nc1cnc(-n2ccnc2C)nc1. The van der Waals surface area contributed by atoms with E-state index in [0.29, 0.717) is 23.1 Å². The molecular weight excluding hydrogens is 322 g/mol. The number of aryl methyl sites for hydroxylation is 1. The number of anilines is 1. The number of aromatic nitrogens is 4. The van der Waals surface area contributed by atoms with Crippen LogP contribution in [0.2, 0.25) is 0 Å². The first-order valence-electron chi connectivity index (χ1n) is 7.55. The molecule has 25 heavy (non-hydrogen) atoms. The number of nitrogens with zero attached hydrogens (tertiary/aromatic N) is 4. The highest BCUT2D eigenvalue weighted by Gasteiger charge is 2.09. The van der Waals surface area contributed by atoms with Gasteiger partial charge in [-0.1, -0.05) is 12.1 Å². The zero-order chi connectivity index (χ0) is 17.6. The van der Waals surface area contributed by atoms with Crippen molar-refractivity contribution in [2.45, 2.75) is 6.92 Å². The summed E-state index contributed by atoms with van der Waals surface area (Å²) in [4.78, 5) is 24.6. The van der Waals surface area contributed by atoms with Crippen molar-refractivity contribution in [3.8, 4) is 17.4 Å². The Morgan fingerprint density at radius 1 is 1.16 bits per heavy atom. The molecule has 0 aliphatic carbocycles. The van der Waals surface area contributed by atoms with Crippen molar-refractivity contribution in [3.05, 3.63) is 54.9 Å². The summed E-state index contributed by atoms with van der Waals surface area (Å²) in [7, 11) is 1.54. The lowest BCUT2D eigenvalue weighted by Crippen LogP contribution is -2.20. The van der Waals surface area contributed by atoms with E-state index in [-0.39, 0.29) is 12.5 Å². The highest BCUT2D eigenvalue weighted by atomic mass is 16.5. The number of hydrogen-bond donors (Lipinski definition) is 1. The van der Waals surface area contributed by atoms with Gasteiger partial charge in [0.2, 0.25) is 5.95 Å². The van der Waals surface area contributed by atoms with Gasteiger partial charge in [0.05, 0.1) is 25.2 Å². The summed E-state index contributed by atoms with van der Waals surface area (Å²) < 4.78 is 12.4. The van der Waals surface area contributed by atoms with Gasteiger partial charge < -0.3 is 14.8 Å². The summed E-state index contributed by atoms with van der Waals surface area (Å²) in [6, 6.07) is 7.13. The Balaban J connectivity index is 1.59. The zero-order valence-corrected chi connectivity index (χ0v) is 13.8. The molecule has 0 saturated heterocycles. The third kappa shape index (κ3) is 3.92. The van der Waals surface area contributed by atoms with Gasteiger partial charge >= 0.3 is 0 Å². The molecular formula is C17H17N5O3.